The normalized spacial score (nSPS) is 36.0. The molecule has 3 fully saturated rings. The minimum Gasteiger partial charge on any atom is -0.374 e. The van der Waals surface area contributed by atoms with Crippen LogP contribution in [0.15, 0.2) is 0 Å². The second-order valence-electron chi connectivity index (χ2n) is 6.00. The van der Waals surface area contributed by atoms with Gasteiger partial charge in [-0.1, -0.05) is 0 Å². The van der Waals surface area contributed by atoms with E-state index in [1.165, 1.54) is 65.0 Å². The molecule has 0 radical (unpaired) electrons. The van der Waals surface area contributed by atoms with Gasteiger partial charge in [0.1, 0.15) is 0 Å². The van der Waals surface area contributed by atoms with Crippen LogP contribution in [0.25, 0.3) is 0 Å². The van der Waals surface area contributed by atoms with Gasteiger partial charge in [-0.15, -0.1) is 0 Å². The number of hydrogen-bond donors (Lipinski definition) is 1. The molecule has 0 amide bonds. The summed E-state index contributed by atoms with van der Waals surface area (Å²) in [6.45, 7) is 9.40. The lowest BCUT2D eigenvalue weighted by Gasteiger charge is -2.38. The van der Waals surface area contributed by atoms with Crippen molar-refractivity contribution in [2.24, 2.45) is 0 Å². The molecule has 3 heterocycles. The standard InChI is InChI=1S/C14H27N3O/c1-4-13-12-18-14(11-17(13)9-1)10-16-7-2-5-15-6-3-8-16/h13-15H,1-12H2. The molecule has 104 valence electrons. The van der Waals surface area contributed by atoms with Crippen LogP contribution in [0.4, 0.5) is 0 Å². The van der Waals surface area contributed by atoms with E-state index >= 15 is 0 Å². The quantitative estimate of drug-likeness (QED) is 0.777. The van der Waals surface area contributed by atoms with E-state index in [2.05, 4.69) is 15.1 Å². The molecule has 0 aromatic heterocycles. The Balaban J connectivity index is 1.46. The van der Waals surface area contributed by atoms with Crippen LogP contribution in [-0.2, 0) is 4.74 Å². The van der Waals surface area contributed by atoms with E-state index in [-0.39, 0.29) is 0 Å². The highest BCUT2D eigenvalue weighted by atomic mass is 16.5. The number of rotatable bonds is 2. The number of nitrogens with one attached hydrogen (secondary N) is 1. The monoisotopic (exact) mass is 253 g/mol. The summed E-state index contributed by atoms with van der Waals surface area (Å²) in [6, 6.07) is 0.734. The van der Waals surface area contributed by atoms with Crippen LogP contribution in [0.2, 0.25) is 0 Å². The number of morpholine rings is 1. The molecule has 0 aromatic rings. The molecule has 3 aliphatic rings. The highest BCUT2D eigenvalue weighted by molar-refractivity contribution is 4.86. The minimum atomic E-state index is 0.451. The van der Waals surface area contributed by atoms with E-state index in [1.54, 1.807) is 0 Å². The Morgan fingerprint density at radius 1 is 1.06 bits per heavy atom. The Morgan fingerprint density at radius 2 is 1.89 bits per heavy atom. The van der Waals surface area contributed by atoms with E-state index in [9.17, 15) is 0 Å². The Morgan fingerprint density at radius 3 is 2.72 bits per heavy atom. The molecule has 4 nitrogen and oxygen atoms in total. The first-order valence-corrected chi connectivity index (χ1v) is 7.70. The summed E-state index contributed by atoms with van der Waals surface area (Å²) in [5, 5.41) is 3.48. The predicted molar refractivity (Wildman–Crippen MR) is 72.9 cm³/mol. The van der Waals surface area contributed by atoms with E-state index < -0.39 is 0 Å². The molecular weight excluding hydrogens is 226 g/mol. The predicted octanol–water partition coefficient (Wildman–Crippen LogP) is 0.535. The molecule has 0 saturated carbocycles. The van der Waals surface area contributed by atoms with Crippen molar-refractivity contribution in [1.29, 1.82) is 0 Å². The number of ether oxygens (including phenoxy) is 1. The van der Waals surface area contributed by atoms with Crippen LogP contribution in [0.1, 0.15) is 25.7 Å². The topological polar surface area (TPSA) is 27.7 Å². The lowest BCUT2D eigenvalue weighted by molar-refractivity contribution is -0.0614. The maximum atomic E-state index is 6.07. The van der Waals surface area contributed by atoms with Crippen LogP contribution in [-0.4, -0.2) is 74.4 Å². The largest absolute Gasteiger partial charge is 0.374 e. The summed E-state index contributed by atoms with van der Waals surface area (Å²) in [4.78, 5) is 5.27. The third-order valence-corrected chi connectivity index (χ3v) is 4.58. The fraction of sp³-hybridized carbons (Fsp3) is 1.00. The van der Waals surface area contributed by atoms with E-state index in [0.717, 1.165) is 19.2 Å². The second kappa shape index (κ2) is 6.33. The minimum absolute atomic E-state index is 0.451. The van der Waals surface area contributed by atoms with E-state index in [0.29, 0.717) is 6.10 Å². The molecule has 0 aliphatic carbocycles. The van der Waals surface area contributed by atoms with Gasteiger partial charge in [-0.3, -0.25) is 4.90 Å². The molecule has 3 rings (SSSR count). The van der Waals surface area contributed by atoms with Gasteiger partial charge >= 0.3 is 0 Å². The summed E-state index contributed by atoms with van der Waals surface area (Å²) in [7, 11) is 0. The fourth-order valence-corrected chi connectivity index (χ4v) is 3.56. The van der Waals surface area contributed by atoms with Gasteiger partial charge in [0.05, 0.1) is 12.7 Å². The molecular formula is C14H27N3O. The summed E-state index contributed by atoms with van der Waals surface area (Å²) in [5.74, 6) is 0. The number of hydrogen-bond acceptors (Lipinski definition) is 4. The maximum absolute atomic E-state index is 6.07. The maximum Gasteiger partial charge on any atom is 0.0829 e. The van der Waals surface area contributed by atoms with Gasteiger partial charge < -0.3 is 15.0 Å². The van der Waals surface area contributed by atoms with Gasteiger partial charge in [0.25, 0.3) is 0 Å². The van der Waals surface area contributed by atoms with Crippen LogP contribution in [0.5, 0.6) is 0 Å². The highest BCUT2D eigenvalue weighted by Crippen LogP contribution is 2.23. The molecule has 4 heteroatoms. The fourth-order valence-electron chi connectivity index (χ4n) is 3.56. The molecule has 18 heavy (non-hydrogen) atoms. The average molecular weight is 253 g/mol. The zero-order valence-electron chi connectivity index (χ0n) is 11.4. The third kappa shape index (κ3) is 3.23. The Kier molecular flexibility index (Phi) is 4.52. The van der Waals surface area contributed by atoms with Crippen LogP contribution < -0.4 is 5.32 Å². The van der Waals surface area contributed by atoms with Gasteiger partial charge in [0.2, 0.25) is 0 Å². The molecule has 3 aliphatic heterocycles. The van der Waals surface area contributed by atoms with Crippen molar-refractivity contribution in [2.75, 3.05) is 52.4 Å². The van der Waals surface area contributed by atoms with Crippen molar-refractivity contribution in [1.82, 2.24) is 15.1 Å². The summed E-state index contributed by atoms with van der Waals surface area (Å²) in [5.41, 5.74) is 0. The van der Waals surface area contributed by atoms with Gasteiger partial charge in [0, 0.05) is 19.1 Å². The van der Waals surface area contributed by atoms with Crippen molar-refractivity contribution in [3.8, 4) is 0 Å². The molecule has 2 atom stereocenters. The van der Waals surface area contributed by atoms with E-state index in [1.807, 2.05) is 0 Å². The zero-order valence-corrected chi connectivity index (χ0v) is 11.4. The summed E-state index contributed by atoms with van der Waals surface area (Å²) >= 11 is 0. The Labute approximate surface area is 111 Å². The summed E-state index contributed by atoms with van der Waals surface area (Å²) in [6.07, 6.45) is 5.72. The molecule has 1 N–H and O–H groups in total. The number of nitrogens with zero attached hydrogens (tertiary/aromatic N) is 2. The van der Waals surface area contributed by atoms with E-state index in [4.69, 9.17) is 4.74 Å². The Bertz CT molecular complexity index is 253. The van der Waals surface area contributed by atoms with Crippen LogP contribution in [0, 0.1) is 0 Å². The highest BCUT2D eigenvalue weighted by Gasteiger charge is 2.32. The van der Waals surface area contributed by atoms with Crippen LogP contribution in [0.3, 0.4) is 0 Å². The van der Waals surface area contributed by atoms with Crippen molar-refractivity contribution in [3.63, 3.8) is 0 Å². The molecule has 0 bridgehead atoms. The first-order chi connectivity index (χ1) is 8.92. The van der Waals surface area contributed by atoms with Gasteiger partial charge in [0.15, 0.2) is 0 Å². The molecule has 0 spiro atoms. The lowest BCUT2D eigenvalue weighted by atomic mass is 10.1. The van der Waals surface area contributed by atoms with Crippen molar-refractivity contribution >= 4 is 0 Å². The van der Waals surface area contributed by atoms with Crippen molar-refractivity contribution < 1.29 is 4.74 Å². The first-order valence-electron chi connectivity index (χ1n) is 7.70. The van der Waals surface area contributed by atoms with Crippen LogP contribution >= 0.6 is 0 Å². The molecule has 3 saturated heterocycles. The lowest BCUT2D eigenvalue weighted by Crippen LogP contribution is -2.50. The smallest absolute Gasteiger partial charge is 0.0829 e. The van der Waals surface area contributed by atoms with Gasteiger partial charge in [-0.05, 0) is 58.4 Å². The first kappa shape index (κ1) is 12.9. The molecule has 2 unspecified atom stereocenters. The zero-order chi connectivity index (χ0) is 12.2. The summed E-state index contributed by atoms with van der Waals surface area (Å²) < 4.78 is 6.07. The second-order valence-corrected chi connectivity index (χ2v) is 6.00. The SMILES string of the molecule is C1CNCCCN(CC2CN3CCCC3CO2)C1. The molecule has 0 aromatic carbocycles. The number of fused-ring (bicyclic) bond motifs is 1. The van der Waals surface area contributed by atoms with Gasteiger partial charge in [-0.25, -0.2) is 0 Å². The van der Waals surface area contributed by atoms with Gasteiger partial charge in [-0.2, -0.15) is 0 Å². The third-order valence-electron chi connectivity index (χ3n) is 4.58. The van der Waals surface area contributed by atoms with Crippen molar-refractivity contribution in [2.45, 2.75) is 37.8 Å². The average Bonchev–Trinajstić information content (AvgIpc) is 2.79. The Hall–Kier alpha value is -0.160. The van der Waals surface area contributed by atoms with Crippen molar-refractivity contribution in [3.05, 3.63) is 0 Å².